The molecule has 0 spiro atoms. The third kappa shape index (κ3) is 4.77. The fraction of sp³-hybridized carbons (Fsp3) is 0.647. The van der Waals surface area contributed by atoms with Gasteiger partial charge in [0.2, 0.25) is 0 Å². The summed E-state index contributed by atoms with van der Waals surface area (Å²) in [6, 6.07) is 5.75. The predicted octanol–water partition coefficient (Wildman–Crippen LogP) is 3.64. The van der Waals surface area contributed by atoms with Crippen molar-refractivity contribution in [3.63, 3.8) is 0 Å². The number of carbonyl (C=O) groups is 1. The van der Waals surface area contributed by atoms with Gasteiger partial charge in [0, 0.05) is 12.1 Å². The average Bonchev–Trinajstić information content (AvgIpc) is 2.78. The number of hydrogen-bond donors (Lipinski definition) is 2. The molecule has 0 aromatic carbocycles. The Hall–Kier alpha value is -1.47. The summed E-state index contributed by atoms with van der Waals surface area (Å²) in [5.41, 5.74) is -0.709. The Morgan fingerprint density at radius 1 is 1.50 bits per heavy atom. The average molecular weight is 353 g/mol. The topological polar surface area (TPSA) is 80.5 Å². The molecule has 2 heterocycles. The third-order valence-corrected chi connectivity index (χ3v) is 4.53. The van der Waals surface area contributed by atoms with Crippen LogP contribution in [0.1, 0.15) is 47.5 Å². The summed E-state index contributed by atoms with van der Waals surface area (Å²) >= 11 is 1.12. The Labute approximate surface area is 148 Å². The van der Waals surface area contributed by atoms with Gasteiger partial charge in [0.05, 0.1) is 6.04 Å². The molecule has 0 bridgehead atoms. The van der Waals surface area contributed by atoms with Crippen molar-refractivity contribution < 1.29 is 9.53 Å². The lowest BCUT2D eigenvalue weighted by atomic mass is 10.0. The van der Waals surface area contributed by atoms with Gasteiger partial charge in [-0.15, -0.1) is 0 Å². The molecule has 3 N–H and O–H groups in total. The molecule has 2 rings (SSSR count). The summed E-state index contributed by atoms with van der Waals surface area (Å²) in [4.78, 5) is 18.9. The van der Waals surface area contributed by atoms with Gasteiger partial charge < -0.3 is 10.1 Å². The van der Waals surface area contributed by atoms with Crippen LogP contribution >= 0.6 is 11.9 Å². The molecule has 1 saturated heterocycles. The van der Waals surface area contributed by atoms with E-state index in [-0.39, 0.29) is 17.7 Å². The lowest BCUT2D eigenvalue weighted by Gasteiger charge is -2.37. The van der Waals surface area contributed by atoms with Gasteiger partial charge >= 0.3 is 6.09 Å². The van der Waals surface area contributed by atoms with Gasteiger partial charge in [-0.05, 0) is 71.5 Å². The van der Waals surface area contributed by atoms with Crippen molar-refractivity contribution in [2.75, 3.05) is 11.9 Å². The fourth-order valence-corrected chi connectivity index (χ4v) is 3.27. The van der Waals surface area contributed by atoms with Crippen molar-refractivity contribution in [3.8, 4) is 0 Å². The van der Waals surface area contributed by atoms with Crippen molar-refractivity contribution in [1.29, 1.82) is 0 Å². The second kappa shape index (κ2) is 7.19. The molecule has 1 amide bonds. The van der Waals surface area contributed by atoms with Crippen LogP contribution < -0.4 is 10.5 Å². The first-order valence-electron chi connectivity index (χ1n) is 8.22. The molecule has 1 aliphatic heterocycles. The van der Waals surface area contributed by atoms with Crippen LogP contribution in [0.5, 0.6) is 0 Å². The summed E-state index contributed by atoms with van der Waals surface area (Å²) < 4.78 is 5.60. The van der Waals surface area contributed by atoms with Gasteiger partial charge in [0.1, 0.15) is 16.4 Å². The minimum Gasteiger partial charge on any atom is -0.444 e. The van der Waals surface area contributed by atoms with E-state index in [1.807, 2.05) is 43.9 Å². The van der Waals surface area contributed by atoms with Gasteiger partial charge in [0.15, 0.2) is 0 Å². The molecule has 0 aliphatic carbocycles. The Kier molecular flexibility index (Phi) is 5.65. The van der Waals surface area contributed by atoms with Gasteiger partial charge in [-0.2, -0.15) is 0 Å². The second-order valence-corrected chi connectivity index (χ2v) is 8.37. The quantitative estimate of drug-likeness (QED) is 0.805. The number of carbonyl (C=O) groups excluding carboxylic acids is 1. The lowest BCUT2D eigenvalue weighted by molar-refractivity contribution is 0.00501. The number of likely N-dealkylation sites (tertiary alicyclic amines) is 1. The first kappa shape index (κ1) is 18.9. The van der Waals surface area contributed by atoms with Gasteiger partial charge in [-0.25, -0.2) is 9.78 Å². The highest BCUT2D eigenvalue weighted by Crippen LogP contribution is 2.35. The monoisotopic (exact) mass is 352 g/mol. The van der Waals surface area contributed by atoms with Crippen LogP contribution in [0.25, 0.3) is 0 Å². The largest absolute Gasteiger partial charge is 0.444 e. The van der Waals surface area contributed by atoms with Gasteiger partial charge in [-0.3, -0.25) is 10.0 Å². The molecule has 24 heavy (non-hydrogen) atoms. The molecular weight excluding hydrogens is 324 g/mol. The molecule has 1 unspecified atom stereocenters. The summed E-state index contributed by atoms with van der Waals surface area (Å²) in [5.74, 6) is 0.763. The maximum Gasteiger partial charge on any atom is 0.411 e. The Bertz CT molecular complexity index is 586. The molecule has 6 nitrogen and oxygen atoms in total. The van der Waals surface area contributed by atoms with Crippen molar-refractivity contribution >= 4 is 23.9 Å². The van der Waals surface area contributed by atoms with Crippen LogP contribution in [0.4, 0.5) is 10.6 Å². The van der Waals surface area contributed by atoms with E-state index in [0.29, 0.717) is 6.54 Å². The normalized spacial score (nSPS) is 20.1. The number of anilines is 1. The van der Waals surface area contributed by atoms with E-state index in [2.05, 4.69) is 24.1 Å². The van der Waals surface area contributed by atoms with E-state index in [9.17, 15) is 4.79 Å². The number of nitrogens with zero attached hydrogens (tertiary/aromatic N) is 2. The first-order valence-corrected chi connectivity index (χ1v) is 9.10. The Balaban J connectivity index is 2.06. The van der Waals surface area contributed by atoms with Crippen molar-refractivity contribution in [1.82, 2.24) is 9.88 Å². The highest BCUT2D eigenvalue weighted by atomic mass is 32.2. The summed E-state index contributed by atoms with van der Waals surface area (Å²) in [7, 11) is 0. The number of nitrogens with two attached hydrogens (primary N) is 1. The molecule has 0 saturated carbocycles. The number of pyridine rings is 1. The Morgan fingerprint density at radius 3 is 2.83 bits per heavy atom. The Morgan fingerprint density at radius 2 is 2.21 bits per heavy atom. The molecule has 7 heteroatoms. The number of amides is 1. The third-order valence-electron chi connectivity index (χ3n) is 4.06. The number of rotatable bonds is 4. The number of aromatic nitrogens is 1. The predicted molar refractivity (Wildman–Crippen MR) is 97.9 cm³/mol. The highest BCUT2D eigenvalue weighted by molar-refractivity contribution is 7.97. The minimum atomic E-state index is -0.498. The number of ether oxygens (including phenoxy) is 1. The van der Waals surface area contributed by atoms with Crippen LogP contribution in [0.2, 0.25) is 0 Å². The molecule has 0 radical (unpaired) electrons. The molecule has 1 aromatic rings. The fourth-order valence-electron chi connectivity index (χ4n) is 2.97. The van der Waals surface area contributed by atoms with Gasteiger partial charge in [-0.1, -0.05) is 6.07 Å². The zero-order valence-electron chi connectivity index (χ0n) is 15.1. The molecule has 1 aliphatic rings. The molecule has 1 atom stereocenters. The minimum absolute atomic E-state index is 0.0748. The van der Waals surface area contributed by atoms with E-state index in [1.165, 1.54) is 0 Å². The van der Waals surface area contributed by atoms with E-state index < -0.39 is 5.60 Å². The summed E-state index contributed by atoms with van der Waals surface area (Å²) in [6.45, 7) is 10.5. The number of nitrogens with one attached hydrogen (secondary N) is 1. The molecule has 1 aromatic heterocycles. The first-order chi connectivity index (χ1) is 11.1. The summed E-state index contributed by atoms with van der Waals surface area (Å²) in [5, 5.41) is 9.63. The van der Waals surface area contributed by atoms with Crippen LogP contribution in [-0.4, -0.2) is 39.7 Å². The van der Waals surface area contributed by atoms with E-state index >= 15 is 0 Å². The van der Waals surface area contributed by atoms with Crippen molar-refractivity contribution in [2.45, 2.75) is 69.7 Å². The van der Waals surface area contributed by atoms with Gasteiger partial charge in [0.25, 0.3) is 0 Å². The zero-order chi connectivity index (χ0) is 18.0. The van der Waals surface area contributed by atoms with E-state index in [4.69, 9.17) is 9.88 Å². The summed E-state index contributed by atoms with van der Waals surface area (Å²) in [6.07, 6.45) is 1.63. The van der Waals surface area contributed by atoms with Crippen molar-refractivity contribution in [3.05, 3.63) is 18.2 Å². The maximum absolute atomic E-state index is 12.6. The van der Waals surface area contributed by atoms with Crippen molar-refractivity contribution in [2.24, 2.45) is 5.14 Å². The smallest absolute Gasteiger partial charge is 0.411 e. The highest BCUT2D eigenvalue weighted by Gasteiger charge is 2.44. The van der Waals surface area contributed by atoms with E-state index in [0.717, 1.165) is 35.6 Å². The maximum atomic E-state index is 12.6. The van der Waals surface area contributed by atoms with E-state index in [1.54, 1.807) is 0 Å². The lowest BCUT2D eigenvalue weighted by Crippen LogP contribution is -2.51. The molecular formula is C17H28N4O2S. The second-order valence-electron chi connectivity index (χ2n) is 7.72. The standard InChI is InChI=1S/C17H28N4O2S/c1-16(2,3)23-15(22)21-12(9-10-17(21,4)5)11-19-13-7-6-8-14(20-13)24-18/h6-8,12H,9-11,18H2,1-5H3,(H,19,20). The molecule has 134 valence electrons. The van der Waals surface area contributed by atoms with Crippen LogP contribution in [-0.2, 0) is 4.74 Å². The van der Waals surface area contributed by atoms with Crippen LogP contribution in [0, 0.1) is 0 Å². The number of hydrogen-bond acceptors (Lipinski definition) is 6. The van der Waals surface area contributed by atoms with Crippen LogP contribution in [0.15, 0.2) is 23.2 Å². The molecule has 1 fully saturated rings. The SMILES string of the molecule is CC(C)(C)OC(=O)N1C(CNc2cccc(SN)n2)CCC1(C)C. The zero-order valence-corrected chi connectivity index (χ0v) is 15.9. The van der Waals surface area contributed by atoms with Crippen LogP contribution in [0.3, 0.4) is 0 Å².